The van der Waals surface area contributed by atoms with Crippen LogP contribution in [0.25, 0.3) is 0 Å². The molecule has 3 unspecified atom stereocenters. The maximum absolute atomic E-state index is 12.3. The van der Waals surface area contributed by atoms with E-state index in [-0.39, 0.29) is 23.7 Å². The number of benzene rings is 1. The lowest BCUT2D eigenvalue weighted by atomic mass is 9.66. The van der Waals surface area contributed by atoms with Gasteiger partial charge in [0.2, 0.25) is 10.0 Å². The Morgan fingerprint density at radius 2 is 2.17 bits per heavy atom. The van der Waals surface area contributed by atoms with E-state index in [9.17, 15) is 13.5 Å². The van der Waals surface area contributed by atoms with Crippen LogP contribution in [-0.4, -0.2) is 51.1 Å². The number of hydrogen-bond donors (Lipinski definition) is 2. The third-order valence-electron chi connectivity index (χ3n) is 6.68. The Labute approximate surface area is 178 Å². The van der Waals surface area contributed by atoms with E-state index in [0.717, 1.165) is 37.2 Å². The molecule has 2 heterocycles. The highest BCUT2D eigenvalue weighted by Crippen LogP contribution is 2.59. The molecule has 162 valence electrons. The van der Waals surface area contributed by atoms with Crippen molar-refractivity contribution in [3.05, 3.63) is 54.4 Å². The van der Waals surface area contributed by atoms with E-state index >= 15 is 0 Å². The predicted molar refractivity (Wildman–Crippen MR) is 117 cm³/mol. The normalized spacial score (nSPS) is 28.5. The van der Waals surface area contributed by atoms with Gasteiger partial charge in [-0.15, -0.1) is 0 Å². The number of piperidine rings is 1. The fraction of sp³-hybridized carbons (Fsp3) is 0.500. The summed E-state index contributed by atoms with van der Waals surface area (Å²) < 4.78 is 32.0. The van der Waals surface area contributed by atoms with Crippen molar-refractivity contribution in [1.29, 1.82) is 0 Å². The highest BCUT2D eigenvalue weighted by atomic mass is 32.2. The van der Waals surface area contributed by atoms with Crippen molar-refractivity contribution >= 4 is 21.4 Å². The number of nitrogens with zero attached hydrogens (tertiary/aromatic N) is 2. The Morgan fingerprint density at radius 3 is 2.87 bits per heavy atom. The van der Waals surface area contributed by atoms with Crippen LogP contribution < -0.4 is 9.62 Å². The molecule has 2 aromatic rings. The van der Waals surface area contributed by atoms with Gasteiger partial charge in [0.25, 0.3) is 0 Å². The summed E-state index contributed by atoms with van der Waals surface area (Å²) in [5.41, 5.74) is 0.941. The first-order valence-corrected chi connectivity index (χ1v) is 11.9. The topological polar surface area (TPSA) is 91.8 Å². The number of aliphatic hydroxyl groups is 1. The molecule has 2 N–H and O–H groups in total. The summed E-state index contributed by atoms with van der Waals surface area (Å²) in [6, 6.07) is 11.2. The van der Waals surface area contributed by atoms with Gasteiger partial charge in [0.05, 0.1) is 24.2 Å². The van der Waals surface area contributed by atoms with Crippen LogP contribution in [0.4, 0.5) is 11.4 Å². The van der Waals surface area contributed by atoms with Gasteiger partial charge in [-0.3, -0.25) is 9.71 Å². The molecular weight excluding hydrogens is 402 g/mol. The number of nitrogens with one attached hydrogen (secondary N) is 1. The zero-order valence-electron chi connectivity index (χ0n) is 17.4. The maximum atomic E-state index is 12.3. The van der Waals surface area contributed by atoms with Crippen molar-refractivity contribution in [2.45, 2.75) is 25.4 Å². The van der Waals surface area contributed by atoms with Crippen LogP contribution in [0, 0.1) is 11.3 Å². The molecule has 1 aliphatic heterocycles. The summed E-state index contributed by atoms with van der Waals surface area (Å²) >= 11 is 0. The van der Waals surface area contributed by atoms with Crippen molar-refractivity contribution in [3.8, 4) is 0 Å². The number of fused-ring (bicyclic) bond motifs is 2. The molecule has 2 aliphatic rings. The second-order valence-electron chi connectivity index (χ2n) is 8.65. The fourth-order valence-corrected chi connectivity index (χ4v) is 6.10. The van der Waals surface area contributed by atoms with Crippen LogP contribution in [0.3, 0.4) is 0 Å². The van der Waals surface area contributed by atoms with Crippen molar-refractivity contribution < 1.29 is 18.3 Å². The number of methoxy groups -OCH3 is 1. The fourth-order valence-electron chi connectivity index (χ4n) is 5.12. The number of hydrogen-bond acceptors (Lipinski definition) is 6. The van der Waals surface area contributed by atoms with E-state index < -0.39 is 15.6 Å². The number of ether oxygens (including phenoxy) is 1. The van der Waals surface area contributed by atoms with Crippen LogP contribution >= 0.6 is 0 Å². The second kappa shape index (κ2) is 7.83. The third-order valence-corrected chi connectivity index (χ3v) is 7.93. The standard InChI is InChI=1S/C22H29N3O4S/c1-21-9-8-18(15-25(16-21)20-7-4-10-23-14-20)22(21,26)17-5-3-6-19(13-17)24-30(27,28)12-11-29-2/h3-7,10,13-14,18,24,26H,8-9,11-12,15-16H2,1-2H3. The molecule has 4 rings (SSSR count). The van der Waals surface area contributed by atoms with Crippen LogP contribution in [0.5, 0.6) is 0 Å². The third kappa shape index (κ3) is 3.68. The average Bonchev–Trinajstić information content (AvgIpc) is 2.87. The number of aromatic nitrogens is 1. The summed E-state index contributed by atoms with van der Waals surface area (Å²) in [6.45, 7) is 3.71. The smallest absolute Gasteiger partial charge is 0.234 e. The number of pyridine rings is 1. The lowest BCUT2D eigenvalue weighted by molar-refractivity contribution is -0.0992. The molecular formula is C22H29N3O4S. The minimum Gasteiger partial charge on any atom is -0.384 e. The van der Waals surface area contributed by atoms with E-state index in [4.69, 9.17) is 4.74 Å². The highest BCUT2D eigenvalue weighted by Gasteiger charge is 2.61. The Kier molecular flexibility index (Phi) is 5.50. The lowest BCUT2D eigenvalue weighted by Gasteiger charge is -2.51. The monoisotopic (exact) mass is 431 g/mol. The van der Waals surface area contributed by atoms with Crippen LogP contribution in [-0.2, 0) is 20.4 Å². The van der Waals surface area contributed by atoms with Gasteiger partial charge >= 0.3 is 0 Å². The van der Waals surface area contributed by atoms with Gasteiger partial charge in [0, 0.05) is 43.4 Å². The van der Waals surface area contributed by atoms with Gasteiger partial charge < -0.3 is 14.7 Å². The maximum Gasteiger partial charge on any atom is 0.234 e. The summed E-state index contributed by atoms with van der Waals surface area (Å²) in [5.74, 6) is -0.0601. The average molecular weight is 432 g/mol. The molecule has 2 fully saturated rings. The van der Waals surface area contributed by atoms with Gasteiger partial charge in [0.1, 0.15) is 5.60 Å². The van der Waals surface area contributed by atoms with Crippen molar-refractivity contribution in [3.63, 3.8) is 0 Å². The van der Waals surface area contributed by atoms with Crippen molar-refractivity contribution in [2.24, 2.45) is 11.3 Å². The molecule has 30 heavy (non-hydrogen) atoms. The number of anilines is 2. The second-order valence-corrected chi connectivity index (χ2v) is 10.5. The molecule has 1 aromatic heterocycles. The molecule has 0 amide bonds. The summed E-state index contributed by atoms with van der Waals surface area (Å²) in [5, 5.41) is 12.0. The van der Waals surface area contributed by atoms with Gasteiger partial charge in [0.15, 0.2) is 0 Å². The number of sulfonamides is 1. The molecule has 0 radical (unpaired) electrons. The molecule has 1 saturated heterocycles. The Hall–Kier alpha value is -2.16. The molecule has 1 aromatic carbocycles. The van der Waals surface area contributed by atoms with Crippen LogP contribution in [0.15, 0.2) is 48.8 Å². The van der Waals surface area contributed by atoms with Gasteiger partial charge in [-0.25, -0.2) is 8.42 Å². The minimum absolute atomic E-state index is 0.0526. The van der Waals surface area contributed by atoms with E-state index in [1.54, 1.807) is 24.4 Å². The van der Waals surface area contributed by atoms with E-state index in [1.165, 1.54) is 7.11 Å². The zero-order chi connectivity index (χ0) is 21.4. The summed E-state index contributed by atoms with van der Waals surface area (Å²) in [7, 11) is -2.04. The van der Waals surface area contributed by atoms with E-state index in [0.29, 0.717) is 5.69 Å². The Morgan fingerprint density at radius 1 is 1.33 bits per heavy atom. The van der Waals surface area contributed by atoms with Gasteiger partial charge in [-0.1, -0.05) is 19.1 Å². The zero-order valence-corrected chi connectivity index (χ0v) is 18.2. The Bertz CT molecular complexity index is 1000. The van der Waals surface area contributed by atoms with Crippen LogP contribution in [0.2, 0.25) is 0 Å². The summed E-state index contributed by atoms with van der Waals surface area (Å²) in [4.78, 5) is 6.54. The van der Waals surface area contributed by atoms with Gasteiger partial charge in [-0.2, -0.15) is 0 Å². The quantitative estimate of drug-likeness (QED) is 0.700. The number of rotatable bonds is 7. The molecule has 0 spiro atoms. The SMILES string of the molecule is COCCS(=O)(=O)Nc1cccc(C2(O)C3CCC2(C)CN(c2cccnc2)C3)c1. The first-order valence-electron chi connectivity index (χ1n) is 10.2. The molecule has 1 aliphatic carbocycles. The lowest BCUT2D eigenvalue weighted by Crippen LogP contribution is -2.57. The van der Waals surface area contributed by atoms with Crippen LogP contribution in [0.1, 0.15) is 25.3 Å². The Balaban J connectivity index is 1.61. The van der Waals surface area contributed by atoms with E-state index in [2.05, 4.69) is 27.6 Å². The molecule has 8 heteroatoms. The molecule has 7 nitrogen and oxygen atoms in total. The molecule has 1 saturated carbocycles. The minimum atomic E-state index is -3.51. The summed E-state index contributed by atoms with van der Waals surface area (Å²) in [6.07, 6.45) is 5.46. The predicted octanol–water partition coefficient (Wildman–Crippen LogP) is 2.59. The highest BCUT2D eigenvalue weighted by molar-refractivity contribution is 7.92. The molecule has 3 atom stereocenters. The first kappa shape index (κ1) is 21.1. The largest absolute Gasteiger partial charge is 0.384 e. The van der Waals surface area contributed by atoms with Gasteiger partial charge in [-0.05, 0) is 42.7 Å². The van der Waals surface area contributed by atoms with Crippen molar-refractivity contribution in [2.75, 3.05) is 42.2 Å². The first-order chi connectivity index (χ1) is 14.3. The van der Waals surface area contributed by atoms with E-state index in [1.807, 2.05) is 18.3 Å². The molecule has 2 bridgehead atoms. The van der Waals surface area contributed by atoms with Crippen molar-refractivity contribution in [1.82, 2.24) is 4.98 Å².